The summed E-state index contributed by atoms with van der Waals surface area (Å²) in [5.74, 6) is -0.359. The predicted molar refractivity (Wildman–Crippen MR) is 78.4 cm³/mol. The monoisotopic (exact) mass is 310 g/mol. The Bertz CT molecular complexity index is 279. The Labute approximate surface area is 121 Å². The Morgan fingerprint density at radius 2 is 1.60 bits per heavy atom. The minimum absolute atomic E-state index is 0.288. The van der Waals surface area contributed by atoms with Gasteiger partial charge in [-0.05, 0) is 19.8 Å². The molecule has 0 atom stereocenters. The zero-order valence-electron chi connectivity index (χ0n) is 12.7. The Hall–Kier alpha value is -0.680. The SMILES string of the molecule is C=CC(=O)OCC.CCCCOP(=O)(O)OCCCC. The first-order valence-corrected chi connectivity index (χ1v) is 8.34. The van der Waals surface area contributed by atoms with E-state index in [1.165, 1.54) is 0 Å². The maximum Gasteiger partial charge on any atom is 0.472 e. The summed E-state index contributed by atoms with van der Waals surface area (Å²) in [6, 6.07) is 0. The van der Waals surface area contributed by atoms with E-state index in [2.05, 4.69) is 11.3 Å². The summed E-state index contributed by atoms with van der Waals surface area (Å²) in [6.07, 6.45) is 4.58. The zero-order chi connectivity index (χ0) is 15.9. The van der Waals surface area contributed by atoms with Crippen molar-refractivity contribution in [2.24, 2.45) is 0 Å². The predicted octanol–water partition coefficient (Wildman–Crippen LogP) is 3.46. The Balaban J connectivity index is 0. The summed E-state index contributed by atoms with van der Waals surface area (Å²) in [6.45, 7) is 9.93. The summed E-state index contributed by atoms with van der Waals surface area (Å²) in [7, 11) is -3.75. The number of hydrogen-bond donors (Lipinski definition) is 1. The Kier molecular flexibility index (Phi) is 15.9. The topological polar surface area (TPSA) is 82.1 Å². The van der Waals surface area contributed by atoms with Crippen molar-refractivity contribution in [3.05, 3.63) is 12.7 Å². The van der Waals surface area contributed by atoms with Crippen molar-refractivity contribution in [2.45, 2.75) is 46.5 Å². The molecule has 0 radical (unpaired) electrons. The van der Waals surface area contributed by atoms with Gasteiger partial charge >= 0.3 is 13.8 Å². The molecule has 0 aromatic carbocycles. The van der Waals surface area contributed by atoms with Gasteiger partial charge in [-0.1, -0.05) is 33.3 Å². The number of ether oxygens (including phenoxy) is 1. The zero-order valence-corrected chi connectivity index (χ0v) is 13.6. The van der Waals surface area contributed by atoms with Crippen LogP contribution in [0.5, 0.6) is 0 Å². The van der Waals surface area contributed by atoms with Crippen molar-refractivity contribution in [3.63, 3.8) is 0 Å². The van der Waals surface area contributed by atoms with Gasteiger partial charge in [0.25, 0.3) is 0 Å². The molecule has 0 aliphatic heterocycles. The third-order valence-corrected chi connectivity index (χ3v) is 2.98. The molecule has 120 valence electrons. The molecule has 0 aliphatic rings. The van der Waals surface area contributed by atoms with Crippen LogP contribution in [0.2, 0.25) is 0 Å². The molecule has 0 amide bonds. The van der Waals surface area contributed by atoms with Gasteiger partial charge in [-0.15, -0.1) is 0 Å². The molecule has 1 N–H and O–H groups in total. The van der Waals surface area contributed by atoms with Crippen LogP contribution in [-0.4, -0.2) is 30.7 Å². The van der Waals surface area contributed by atoms with E-state index in [1.54, 1.807) is 6.92 Å². The van der Waals surface area contributed by atoms with E-state index in [9.17, 15) is 9.36 Å². The van der Waals surface area contributed by atoms with Crippen LogP contribution in [0.25, 0.3) is 0 Å². The lowest BCUT2D eigenvalue weighted by atomic mass is 10.4. The van der Waals surface area contributed by atoms with E-state index in [0.29, 0.717) is 6.61 Å². The molecule has 0 aromatic rings. The summed E-state index contributed by atoms with van der Waals surface area (Å²) in [4.78, 5) is 19.2. The second-order valence-corrected chi connectivity index (χ2v) is 5.25. The summed E-state index contributed by atoms with van der Waals surface area (Å²) < 4.78 is 24.9. The van der Waals surface area contributed by atoms with Crippen LogP contribution in [0.15, 0.2) is 12.7 Å². The molecule has 0 aromatic heterocycles. The second-order valence-electron chi connectivity index (χ2n) is 3.80. The molecule has 0 spiro atoms. The van der Waals surface area contributed by atoms with Crippen molar-refractivity contribution in [1.82, 2.24) is 0 Å². The lowest BCUT2D eigenvalue weighted by Crippen LogP contribution is -1.98. The van der Waals surface area contributed by atoms with Gasteiger partial charge in [0, 0.05) is 6.08 Å². The van der Waals surface area contributed by atoms with Gasteiger partial charge < -0.3 is 9.63 Å². The first kappa shape index (κ1) is 21.6. The van der Waals surface area contributed by atoms with E-state index < -0.39 is 7.82 Å². The van der Waals surface area contributed by atoms with Crippen LogP contribution in [0.1, 0.15) is 46.5 Å². The normalized spacial score (nSPS) is 10.4. The van der Waals surface area contributed by atoms with E-state index in [1.807, 2.05) is 13.8 Å². The number of esters is 1. The third kappa shape index (κ3) is 17.3. The first-order valence-electron chi connectivity index (χ1n) is 6.84. The molecule has 0 unspecified atom stereocenters. The minimum atomic E-state index is -3.75. The van der Waals surface area contributed by atoms with E-state index in [4.69, 9.17) is 13.9 Å². The van der Waals surface area contributed by atoms with Gasteiger partial charge in [-0.2, -0.15) is 0 Å². The first-order chi connectivity index (χ1) is 9.43. The number of carbonyl (C=O) groups is 1. The second kappa shape index (κ2) is 14.7. The van der Waals surface area contributed by atoms with E-state index in [0.717, 1.165) is 31.8 Å². The van der Waals surface area contributed by atoms with Gasteiger partial charge in [-0.25, -0.2) is 9.36 Å². The molecule has 0 fully saturated rings. The minimum Gasteiger partial charge on any atom is -0.463 e. The molecular weight excluding hydrogens is 283 g/mol. The number of phosphoric ester groups is 1. The summed E-state index contributed by atoms with van der Waals surface area (Å²) >= 11 is 0. The maximum atomic E-state index is 11.1. The molecule has 6 nitrogen and oxygen atoms in total. The average molecular weight is 310 g/mol. The number of hydrogen-bond acceptors (Lipinski definition) is 5. The quantitative estimate of drug-likeness (QED) is 0.288. The fourth-order valence-electron chi connectivity index (χ4n) is 0.887. The van der Waals surface area contributed by atoms with Gasteiger partial charge in [0.2, 0.25) is 0 Å². The lowest BCUT2D eigenvalue weighted by molar-refractivity contribution is -0.137. The highest BCUT2D eigenvalue weighted by Crippen LogP contribution is 2.43. The van der Waals surface area contributed by atoms with Crippen LogP contribution in [-0.2, 0) is 23.1 Å². The highest BCUT2D eigenvalue weighted by Gasteiger charge is 2.19. The van der Waals surface area contributed by atoms with Crippen LogP contribution >= 0.6 is 7.82 Å². The van der Waals surface area contributed by atoms with Crippen LogP contribution in [0.3, 0.4) is 0 Å². The van der Waals surface area contributed by atoms with Gasteiger partial charge in [0.1, 0.15) is 0 Å². The van der Waals surface area contributed by atoms with Crippen molar-refractivity contribution in [2.75, 3.05) is 19.8 Å². The molecule has 0 heterocycles. The number of phosphoric acid groups is 1. The molecule has 0 rings (SSSR count). The van der Waals surface area contributed by atoms with Gasteiger partial charge in [0.05, 0.1) is 19.8 Å². The fraction of sp³-hybridized carbons (Fsp3) is 0.769. The molecule has 7 heteroatoms. The maximum absolute atomic E-state index is 11.1. The highest BCUT2D eigenvalue weighted by atomic mass is 31.2. The van der Waals surface area contributed by atoms with Crippen molar-refractivity contribution in [3.8, 4) is 0 Å². The van der Waals surface area contributed by atoms with Crippen LogP contribution in [0, 0.1) is 0 Å². The van der Waals surface area contributed by atoms with Gasteiger partial charge in [-0.3, -0.25) is 9.05 Å². The Morgan fingerprint density at radius 1 is 1.15 bits per heavy atom. The van der Waals surface area contributed by atoms with Crippen LogP contribution < -0.4 is 0 Å². The number of carbonyl (C=O) groups excluding carboxylic acids is 1. The fourth-order valence-corrected chi connectivity index (χ4v) is 1.68. The molecule has 0 saturated carbocycles. The van der Waals surface area contributed by atoms with Crippen molar-refractivity contribution >= 4 is 13.8 Å². The van der Waals surface area contributed by atoms with Crippen molar-refractivity contribution in [1.29, 1.82) is 0 Å². The average Bonchev–Trinajstić information content (AvgIpc) is 2.40. The van der Waals surface area contributed by atoms with Crippen molar-refractivity contribution < 1.29 is 28.0 Å². The van der Waals surface area contributed by atoms with E-state index >= 15 is 0 Å². The molecule has 20 heavy (non-hydrogen) atoms. The molecular formula is C13H27O6P. The molecule has 0 bridgehead atoms. The number of rotatable bonds is 10. The standard InChI is InChI=1S/C8H19O4P.C5H8O2/c1-3-5-7-11-13(9,10)12-8-6-4-2;1-3-5(6)7-4-2/h3-8H2,1-2H3,(H,9,10);3H,1,4H2,2H3. The van der Waals surface area contributed by atoms with Gasteiger partial charge in [0.15, 0.2) is 0 Å². The summed E-state index contributed by atoms with van der Waals surface area (Å²) in [5.41, 5.74) is 0. The molecule has 0 aliphatic carbocycles. The lowest BCUT2D eigenvalue weighted by Gasteiger charge is -2.10. The summed E-state index contributed by atoms with van der Waals surface area (Å²) in [5, 5.41) is 0. The third-order valence-electron chi connectivity index (χ3n) is 1.96. The largest absolute Gasteiger partial charge is 0.472 e. The number of unbranched alkanes of at least 4 members (excludes halogenated alkanes) is 2. The smallest absolute Gasteiger partial charge is 0.463 e. The van der Waals surface area contributed by atoms with E-state index in [-0.39, 0.29) is 19.2 Å². The Morgan fingerprint density at radius 3 is 1.85 bits per heavy atom. The molecule has 0 saturated heterocycles. The highest BCUT2D eigenvalue weighted by molar-refractivity contribution is 7.47. The van der Waals surface area contributed by atoms with Crippen LogP contribution in [0.4, 0.5) is 0 Å².